The molecule has 1 aliphatic carbocycles. The lowest BCUT2D eigenvalue weighted by Crippen LogP contribution is -2.41. The molecule has 2 aliphatic rings. The first kappa shape index (κ1) is 23.8. The van der Waals surface area contributed by atoms with Gasteiger partial charge in [-0.15, -0.1) is 0 Å². The van der Waals surface area contributed by atoms with Crippen LogP contribution in [0.25, 0.3) is 0 Å². The zero-order chi connectivity index (χ0) is 23.8. The second-order valence-corrected chi connectivity index (χ2v) is 11.8. The first-order chi connectivity index (χ1) is 15.6. The monoisotopic (exact) mass is 475 g/mol. The molecule has 1 unspecified atom stereocenters. The molecule has 2 N–H and O–H groups in total. The summed E-state index contributed by atoms with van der Waals surface area (Å²) in [6.45, 7) is 9.05. The molecule has 33 heavy (non-hydrogen) atoms. The number of carbonyl (C=O) groups excluding carboxylic acids is 1. The third kappa shape index (κ3) is 5.41. The molecule has 8 nitrogen and oxygen atoms in total. The molecule has 4 rings (SSSR count). The summed E-state index contributed by atoms with van der Waals surface area (Å²) in [5, 5.41) is 6.92. The zero-order valence-electron chi connectivity index (χ0n) is 19.7. The van der Waals surface area contributed by atoms with Gasteiger partial charge in [-0.3, -0.25) is 9.52 Å². The van der Waals surface area contributed by atoms with Crippen LogP contribution in [0, 0.1) is 5.41 Å². The number of hydrogen-bond acceptors (Lipinski definition) is 6. The Morgan fingerprint density at radius 2 is 1.70 bits per heavy atom. The molecular formula is C24H33N3O5S. The standard InChI is InChI=1S/C24H33N3O5S/c1-15(24(2,3)4)25-23(28)21-20(22(32-26-21)18-11-13-31-14-12-18)27-33(29,30)19-9-7-17(8-10-19)16-5-6-16/h7-10,15-16,18,27H,5-6,11-14H2,1-4H3,(H,25,28). The van der Waals surface area contributed by atoms with E-state index >= 15 is 0 Å². The van der Waals surface area contributed by atoms with Crippen LogP contribution in [-0.2, 0) is 14.8 Å². The molecule has 1 saturated carbocycles. The molecular weight excluding hydrogens is 442 g/mol. The number of rotatable bonds is 7. The van der Waals surface area contributed by atoms with Crippen LogP contribution in [0.1, 0.15) is 87.0 Å². The summed E-state index contributed by atoms with van der Waals surface area (Å²) in [5.74, 6) is 0.363. The van der Waals surface area contributed by atoms with Crippen molar-refractivity contribution >= 4 is 21.6 Å². The van der Waals surface area contributed by atoms with Gasteiger partial charge in [0.25, 0.3) is 15.9 Å². The summed E-state index contributed by atoms with van der Waals surface area (Å²) in [7, 11) is -3.94. The Labute approximate surface area is 195 Å². The lowest BCUT2D eigenvalue weighted by molar-refractivity contribution is 0.0791. The molecule has 0 spiro atoms. The molecule has 2 fully saturated rings. The van der Waals surface area contributed by atoms with Gasteiger partial charge < -0.3 is 14.6 Å². The highest BCUT2D eigenvalue weighted by Crippen LogP contribution is 2.40. The maximum Gasteiger partial charge on any atom is 0.275 e. The number of hydrogen-bond donors (Lipinski definition) is 2. The van der Waals surface area contributed by atoms with E-state index in [2.05, 4.69) is 15.2 Å². The molecule has 9 heteroatoms. The third-order valence-electron chi connectivity index (χ3n) is 6.65. The summed E-state index contributed by atoms with van der Waals surface area (Å²) in [6.07, 6.45) is 3.62. The number of nitrogens with one attached hydrogen (secondary N) is 2. The fourth-order valence-electron chi connectivity index (χ4n) is 3.81. The van der Waals surface area contributed by atoms with E-state index in [1.165, 1.54) is 0 Å². The van der Waals surface area contributed by atoms with E-state index in [4.69, 9.17) is 9.26 Å². The lowest BCUT2D eigenvalue weighted by atomic mass is 9.88. The van der Waals surface area contributed by atoms with Gasteiger partial charge in [0.2, 0.25) is 0 Å². The second kappa shape index (κ2) is 9.10. The van der Waals surface area contributed by atoms with Crippen LogP contribution in [-0.4, -0.2) is 38.7 Å². The number of sulfonamides is 1. The quantitative estimate of drug-likeness (QED) is 0.614. The Morgan fingerprint density at radius 3 is 2.27 bits per heavy atom. The van der Waals surface area contributed by atoms with Gasteiger partial charge in [-0.1, -0.05) is 38.1 Å². The Bertz CT molecular complexity index is 1090. The summed E-state index contributed by atoms with van der Waals surface area (Å²) in [6, 6.07) is 6.78. The predicted molar refractivity (Wildman–Crippen MR) is 125 cm³/mol. The van der Waals surface area contributed by atoms with Crippen LogP contribution in [0.3, 0.4) is 0 Å². The summed E-state index contributed by atoms with van der Waals surface area (Å²) < 4.78 is 40.1. The normalized spacial score (nSPS) is 18.7. The predicted octanol–water partition coefficient (Wildman–Crippen LogP) is 4.41. The summed E-state index contributed by atoms with van der Waals surface area (Å²) >= 11 is 0. The van der Waals surface area contributed by atoms with Crippen molar-refractivity contribution in [2.24, 2.45) is 5.41 Å². The van der Waals surface area contributed by atoms with Gasteiger partial charge in [-0.2, -0.15) is 0 Å². The molecule has 1 atom stereocenters. The van der Waals surface area contributed by atoms with Gasteiger partial charge in [0, 0.05) is 25.2 Å². The van der Waals surface area contributed by atoms with E-state index < -0.39 is 15.9 Å². The first-order valence-electron chi connectivity index (χ1n) is 11.6. The zero-order valence-corrected chi connectivity index (χ0v) is 20.5. The van der Waals surface area contributed by atoms with Gasteiger partial charge in [0.05, 0.1) is 4.90 Å². The summed E-state index contributed by atoms with van der Waals surface area (Å²) in [5.41, 5.74) is 1.04. The molecule has 1 saturated heterocycles. The highest BCUT2D eigenvalue weighted by molar-refractivity contribution is 7.92. The van der Waals surface area contributed by atoms with Gasteiger partial charge >= 0.3 is 0 Å². The molecule has 180 valence electrons. The van der Waals surface area contributed by atoms with E-state index in [1.807, 2.05) is 39.8 Å². The van der Waals surface area contributed by atoms with E-state index in [1.54, 1.807) is 12.1 Å². The van der Waals surface area contributed by atoms with Crippen LogP contribution >= 0.6 is 0 Å². The van der Waals surface area contributed by atoms with Gasteiger partial charge in [0.1, 0.15) is 5.69 Å². The topological polar surface area (TPSA) is 111 Å². The van der Waals surface area contributed by atoms with Crippen LogP contribution in [0.4, 0.5) is 5.69 Å². The van der Waals surface area contributed by atoms with Crippen molar-refractivity contribution in [3.8, 4) is 0 Å². The number of benzene rings is 1. The first-order valence-corrected chi connectivity index (χ1v) is 13.1. The van der Waals surface area contributed by atoms with E-state index in [0.717, 1.165) is 18.4 Å². The smallest absolute Gasteiger partial charge is 0.275 e. The Morgan fingerprint density at radius 1 is 1.06 bits per heavy atom. The van der Waals surface area contributed by atoms with Crippen LogP contribution in [0.5, 0.6) is 0 Å². The molecule has 0 bridgehead atoms. The molecule has 2 aromatic rings. The number of ether oxygens (including phenoxy) is 1. The average molecular weight is 476 g/mol. The minimum atomic E-state index is -3.94. The highest BCUT2D eigenvalue weighted by atomic mass is 32.2. The molecule has 1 aromatic heterocycles. The van der Waals surface area contributed by atoms with Crippen LogP contribution in [0.15, 0.2) is 33.7 Å². The van der Waals surface area contributed by atoms with Crippen LogP contribution < -0.4 is 10.0 Å². The number of anilines is 1. The van der Waals surface area contributed by atoms with Crippen molar-refractivity contribution in [3.05, 3.63) is 41.3 Å². The Kier molecular flexibility index (Phi) is 6.55. The minimum Gasteiger partial charge on any atom is -0.381 e. The molecule has 1 amide bonds. The number of nitrogens with zero attached hydrogens (tertiary/aromatic N) is 1. The second-order valence-electron chi connectivity index (χ2n) is 10.2. The number of aromatic nitrogens is 1. The van der Waals surface area contributed by atoms with Crippen LogP contribution in [0.2, 0.25) is 0 Å². The molecule has 0 radical (unpaired) electrons. The lowest BCUT2D eigenvalue weighted by Gasteiger charge is -2.27. The van der Waals surface area contributed by atoms with E-state index in [-0.39, 0.29) is 33.7 Å². The van der Waals surface area contributed by atoms with Crippen molar-refractivity contribution in [2.45, 2.75) is 76.2 Å². The number of amides is 1. The van der Waals surface area contributed by atoms with Crippen molar-refractivity contribution in [2.75, 3.05) is 17.9 Å². The van der Waals surface area contributed by atoms with Crippen molar-refractivity contribution in [3.63, 3.8) is 0 Å². The molecule has 1 aliphatic heterocycles. The van der Waals surface area contributed by atoms with Gasteiger partial charge in [-0.25, -0.2) is 8.42 Å². The van der Waals surface area contributed by atoms with Crippen molar-refractivity contribution < 1.29 is 22.5 Å². The third-order valence-corrected chi connectivity index (χ3v) is 8.01. The average Bonchev–Trinajstić information content (AvgIpc) is 3.54. The maximum absolute atomic E-state index is 13.3. The Balaban J connectivity index is 1.64. The van der Waals surface area contributed by atoms with E-state index in [9.17, 15) is 13.2 Å². The largest absolute Gasteiger partial charge is 0.381 e. The SMILES string of the molecule is CC(NC(=O)c1noc(C2CCOCC2)c1NS(=O)(=O)c1ccc(C2CC2)cc1)C(C)(C)C. The Hall–Kier alpha value is -2.39. The minimum absolute atomic E-state index is 0.0502. The number of carbonyl (C=O) groups is 1. The highest BCUT2D eigenvalue weighted by Gasteiger charge is 2.33. The maximum atomic E-state index is 13.3. The summed E-state index contributed by atoms with van der Waals surface area (Å²) in [4.78, 5) is 13.2. The van der Waals surface area contributed by atoms with Gasteiger partial charge in [0.15, 0.2) is 11.5 Å². The fraction of sp³-hybridized carbons (Fsp3) is 0.583. The van der Waals surface area contributed by atoms with Crippen molar-refractivity contribution in [1.82, 2.24) is 10.5 Å². The van der Waals surface area contributed by atoms with Crippen molar-refractivity contribution in [1.29, 1.82) is 0 Å². The van der Waals surface area contributed by atoms with E-state index in [0.29, 0.717) is 37.7 Å². The van der Waals surface area contributed by atoms with Gasteiger partial charge in [-0.05, 0) is 61.6 Å². The fourth-order valence-corrected chi connectivity index (χ4v) is 4.88. The molecule has 1 aromatic carbocycles. The molecule has 2 heterocycles.